The van der Waals surface area contributed by atoms with Crippen molar-refractivity contribution in [3.63, 3.8) is 0 Å². The second kappa shape index (κ2) is 18.9. The molecule has 0 heteroatoms. The fourth-order valence-electron chi connectivity index (χ4n) is 5.19. The summed E-state index contributed by atoms with van der Waals surface area (Å²) < 4.78 is 0. The normalized spacial score (nSPS) is 18.7. The van der Waals surface area contributed by atoms with Gasteiger partial charge in [-0.15, -0.1) is 0 Å². The maximum atomic E-state index is 4.39. The van der Waals surface area contributed by atoms with Crippen LogP contribution in [-0.2, 0) is 0 Å². The molecule has 0 amide bonds. The highest BCUT2D eigenvalue weighted by Crippen LogP contribution is 2.30. The predicted molar refractivity (Wildman–Crippen MR) is 161 cm³/mol. The van der Waals surface area contributed by atoms with E-state index in [0.29, 0.717) is 0 Å². The van der Waals surface area contributed by atoms with Crippen LogP contribution in [0.15, 0.2) is 58.7 Å². The van der Waals surface area contributed by atoms with Gasteiger partial charge in [-0.2, -0.15) is 0 Å². The average molecular weight is 481 g/mol. The molecule has 0 spiro atoms. The van der Waals surface area contributed by atoms with Crippen LogP contribution in [0.3, 0.4) is 0 Å². The Morgan fingerprint density at radius 3 is 1.91 bits per heavy atom. The lowest BCUT2D eigenvalue weighted by molar-refractivity contribution is 0.427. The van der Waals surface area contributed by atoms with Gasteiger partial charge in [0.1, 0.15) is 0 Å². The molecule has 1 aliphatic carbocycles. The van der Waals surface area contributed by atoms with Crippen LogP contribution < -0.4 is 0 Å². The molecule has 0 saturated carbocycles. The van der Waals surface area contributed by atoms with E-state index in [1.807, 2.05) is 0 Å². The molecular weight excluding hydrogens is 420 g/mol. The minimum Gasteiger partial charge on any atom is -0.0996 e. The molecule has 0 aromatic carbocycles. The van der Waals surface area contributed by atoms with Gasteiger partial charge in [-0.05, 0) is 116 Å². The summed E-state index contributed by atoms with van der Waals surface area (Å²) in [6, 6.07) is 0. The van der Waals surface area contributed by atoms with Gasteiger partial charge in [0.25, 0.3) is 0 Å². The third-order valence-corrected chi connectivity index (χ3v) is 7.98. The van der Waals surface area contributed by atoms with Gasteiger partial charge in [0.05, 0.1) is 0 Å². The molecule has 35 heavy (non-hydrogen) atoms. The SMILES string of the molecule is C=C(CCC=C(C)CCC=C(C)CCC=C(C)CCCC(C)CCCC(C)C)C1CC=C(C)CC1. The molecule has 0 aromatic heterocycles. The van der Waals surface area contributed by atoms with Crippen molar-refractivity contribution in [1.29, 1.82) is 0 Å². The van der Waals surface area contributed by atoms with E-state index in [-0.39, 0.29) is 0 Å². The van der Waals surface area contributed by atoms with Crippen LogP contribution in [-0.4, -0.2) is 0 Å². The molecule has 0 heterocycles. The molecule has 0 fully saturated rings. The van der Waals surface area contributed by atoms with E-state index < -0.39 is 0 Å². The van der Waals surface area contributed by atoms with Gasteiger partial charge in [0, 0.05) is 0 Å². The van der Waals surface area contributed by atoms with E-state index in [4.69, 9.17) is 0 Å². The van der Waals surface area contributed by atoms with Gasteiger partial charge in [0.15, 0.2) is 0 Å². The molecule has 0 aliphatic heterocycles. The first-order valence-corrected chi connectivity index (χ1v) is 15.0. The Morgan fingerprint density at radius 1 is 0.829 bits per heavy atom. The van der Waals surface area contributed by atoms with E-state index >= 15 is 0 Å². The number of rotatable bonds is 18. The Bertz CT molecular complexity index is 708. The molecule has 1 rings (SSSR count). The molecule has 0 saturated heterocycles. The quantitative estimate of drug-likeness (QED) is 0.171. The standard InChI is InChI=1S/C35H60/c1-28(2)14-9-15-29(3)16-10-17-30(4)18-11-19-31(5)20-12-21-32(6)22-13-23-34(8)35-26-24-33(7)25-27-35/h18,20,22,24,28-29,35H,8-17,19,21,23,25-27H2,1-7H3. The highest BCUT2D eigenvalue weighted by Gasteiger charge is 2.14. The van der Waals surface area contributed by atoms with Gasteiger partial charge in [-0.1, -0.05) is 105 Å². The van der Waals surface area contributed by atoms with Crippen LogP contribution in [0.25, 0.3) is 0 Å². The number of hydrogen-bond acceptors (Lipinski definition) is 0. The lowest BCUT2D eigenvalue weighted by atomic mass is 9.83. The lowest BCUT2D eigenvalue weighted by Crippen LogP contribution is -2.07. The van der Waals surface area contributed by atoms with Gasteiger partial charge >= 0.3 is 0 Å². The zero-order chi connectivity index (χ0) is 26.1. The van der Waals surface area contributed by atoms with Gasteiger partial charge in [0.2, 0.25) is 0 Å². The molecule has 0 aromatic rings. The van der Waals surface area contributed by atoms with Crippen molar-refractivity contribution in [2.24, 2.45) is 17.8 Å². The average Bonchev–Trinajstić information content (AvgIpc) is 2.79. The Hall–Kier alpha value is -1.30. The van der Waals surface area contributed by atoms with Gasteiger partial charge < -0.3 is 0 Å². The molecule has 0 nitrogen and oxygen atoms in total. The fourth-order valence-corrected chi connectivity index (χ4v) is 5.19. The largest absolute Gasteiger partial charge is 0.0996 e. The maximum Gasteiger partial charge on any atom is -0.0168 e. The lowest BCUT2D eigenvalue weighted by Gasteiger charge is -2.22. The van der Waals surface area contributed by atoms with Gasteiger partial charge in [-0.25, -0.2) is 0 Å². The molecule has 0 bridgehead atoms. The zero-order valence-electron chi connectivity index (χ0n) is 24.9. The summed E-state index contributed by atoms with van der Waals surface area (Å²) in [5.74, 6) is 2.47. The van der Waals surface area contributed by atoms with Crippen LogP contribution in [0.2, 0.25) is 0 Å². The van der Waals surface area contributed by atoms with Crippen LogP contribution in [0.4, 0.5) is 0 Å². The smallest absolute Gasteiger partial charge is 0.0168 e. The molecule has 2 unspecified atom stereocenters. The third kappa shape index (κ3) is 16.9. The van der Waals surface area contributed by atoms with Crippen molar-refractivity contribution in [1.82, 2.24) is 0 Å². The summed E-state index contributed by atoms with van der Waals surface area (Å²) in [6.07, 6.45) is 28.9. The fraction of sp³-hybridized carbons (Fsp3) is 0.714. The number of hydrogen-bond donors (Lipinski definition) is 0. The van der Waals surface area contributed by atoms with E-state index in [1.54, 1.807) is 16.7 Å². The molecular formula is C35H60. The molecule has 200 valence electrons. The Balaban J connectivity index is 2.15. The second-order valence-electron chi connectivity index (χ2n) is 12.3. The van der Waals surface area contributed by atoms with Crippen LogP contribution in [0.5, 0.6) is 0 Å². The monoisotopic (exact) mass is 480 g/mol. The van der Waals surface area contributed by atoms with Crippen molar-refractivity contribution in [3.05, 3.63) is 58.7 Å². The topological polar surface area (TPSA) is 0 Å². The molecule has 1 aliphatic rings. The summed E-state index contributed by atoms with van der Waals surface area (Å²) in [5, 5.41) is 0. The second-order valence-corrected chi connectivity index (χ2v) is 12.3. The van der Waals surface area contributed by atoms with E-state index in [0.717, 1.165) is 30.6 Å². The Morgan fingerprint density at radius 2 is 1.37 bits per heavy atom. The maximum absolute atomic E-state index is 4.39. The van der Waals surface area contributed by atoms with E-state index in [2.05, 4.69) is 79.3 Å². The van der Waals surface area contributed by atoms with Crippen LogP contribution in [0.1, 0.15) is 145 Å². The summed E-state index contributed by atoms with van der Waals surface area (Å²) in [7, 11) is 0. The molecule has 0 radical (unpaired) electrons. The van der Waals surface area contributed by atoms with Crippen LogP contribution >= 0.6 is 0 Å². The van der Waals surface area contributed by atoms with Crippen molar-refractivity contribution < 1.29 is 0 Å². The minimum absolute atomic E-state index is 0.721. The predicted octanol–water partition coefficient (Wildman–Crippen LogP) is 12.1. The first-order valence-electron chi connectivity index (χ1n) is 15.0. The highest BCUT2D eigenvalue weighted by atomic mass is 14.2. The van der Waals surface area contributed by atoms with Crippen molar-refractivity contribution >= 4 is 0 Å². The summed E-state index contributed by atoms with van der Waals surface area (Å²) in [6.45, 7) is 20.7. The van der Waals surface area contributed by atoms with Crippen molar-refractivity contribution in [2.75, 3.05) is 0 Å². The van der Waals surface area contributed by atoms with Crippen molar-refractivity contribution in [3.8, 4) is 0 Å². The summed E-state index contributed by atoms with van der Waals surface area (Å²) in [5.41, 5.74) is 7.71. The first kappa shape index (κ1) is 31.7. The van der Waals surface area contributed by atoms with Gasteiger partial charge in [-0.3, -0.25) is 0 Å². The molecule has 0 N–H and O–H groups in total. The highest BCUT2D eigenvalue weighted by molar-refractivity contribution is 5.13. The van der Waals surface area contributed by atoms with E-state index in [1.165, 1.54) is 94.6 Å². The number of allylic oxidation sites excluding steroid dienone is 9. The third-order valence-electron chi connectivity index (χ3n) is 7.98. The minimum atomic E-state index is 0.721. The van der Waals surface area contributed by atoms with Crippen LogP contribution in [0, 0.1) is 17.8 Å². The zero-order valence-corrected chi connectivity index (χ0v) is 24.9. The van der Waals surface area contributed by atoms with E-state index in [9.17, 15) is 0 Å². The molecule has 2 atom stereocenters. The summed E-state index contributed by atoms with van der Waals surface area (Å²) >= 11 is 0. The van der Waals surface area contributed by atoms with Crippen molar-refractivity contribution in [2.45, 2.75) is 145 Å². The Labute approximate surface area is 221 Å². The summed E-state index contributed by atoms with van der Waals surface area (Å²) in [4.78, 5) is 0. The first-order chi connectivity index (χ1) is 16.7. The Kier molecular flexibility index (Phi) is 17.1.